The zero-order chi connectivity index (χ0) is 13.1. The Balaban J connectivity index is 2.11. The number of nitrogens with one attached hydrogen (secondary N) is 2. The van der Waals surface area contributed by atoms with Crippen molar-refractivity contribution in [1.82, 2.24) is 5.32 Å². The largest absolute Gasteiger partial charge is 0.505 e. The fraction of sp³-hybridized carbons (Fsp3) is 0.462. The van der Waals surface area contributed by atoms with Gasteiger partial charge in [-0.05, 0) is 50.6 Å². The van der Waals surface area contributed by atoms with E-state index < -0.39 is 0 Å². The van der Waals surface area contributed by atoms with Gasteiger partial charge in [0.1, 0.15) is 5.75 Å². The first kappa shape index (κ1) is 13.2. The summed E-state index contributed by atoms with van der Waals surface area (Å²) in [5.41, 5.74) is 1.05. The number of amides is 1. The summed E-state index contributed by atoms with van der Waals surface area (Å²) in [6, 6.07) is 3.24. The number of rotatable bonds is 2. The van der Waals surface area contributed by atoms with Crippen molar-refractivity contribution >= 4 is 23.2 Å². The van der Waals surface area contributed by atoms with Crippen LogP contribution in [0, 0.1) is 12.8 Å². The molecule has 3 N–H and O–H groups in total. The Morgan fingerprint density at radius 2 is 2.11 bits per heavy atom. The molecule has 1 fully saturated rings. The highest BCUT2D eigenvalue weighted by Gasteiger charge is 2.22. The van der Waals surface area contributed by atoms with E-state index in [1.54, 1.807) is 19.1 Å². The van der Waals surface area contributed by atoms with Crippen LogP contribution in [0.5, 0.6) is 5.75 Å². The van der Waals surface area contributed by atoms with Gasteiger partial charge in [0.05, 0.1) is 5.69 Å². The highest BCUT2D eigenvalue weighted by Crippen LogP contribution is 2.31. The Hall–Kier alpha value is -1.26. The number of carbonyl (C=O) groups is 1. The number of halogens is 1. The summed E-state index contributed by atoms with van der Waals surface area (Å²) in [5.74, 6) is 0.0417. The number of phenols is 1. The van der Waals surface area contributed by atoms with Crippen LogP contribution in [0.15, 0.2) is 12.1 Å². The van der Waals surface area contributed by atoms with Crippen LogP contribution in [0.4, 0.5) is 5.69 Å². The number of carbonyl (C=O) groups excluding carboxylic acids is 1. The molecule has 0 aromatic heterocycles. The van der Waals surface area contributed by atoms with Crippen LogP contribution in [0.3, 0.4) is 0 Å². The number of piperidine rings is 1. The van der Waals surface area contributed by atoms with E-state index in [0.717, 1.165) is 25.9 Å². The minimum atomic E-state index is -0.0477. The molecule has 18 heavy (non-hydrogen) atoms. The van der Waals surface area contributed by atoms with E-state index in [0.29, 0.717) is 16.3 Å². The maximum absolute atomic E-state index is 12.0. The lowest BCUT2D eigenvalue weighted by atomic mass is 9.97. The van der Waals surface area contributed by atoms with E-state index in [4.69, 9.17) is 11.6 Å². The average Bonchev–Trinajstić information content (AvgIpc) is 2.36. The van der Waals surface area contributed by atoms with E-state index in [9.17, 15) is 9.90 Å². The third kappa shape index (κ3) is 2.94. The molecule has 1 aromatic carbocycles. The van der Waals surface area contributed by atoms with Gasteiger partial charge in [-0.2, -0.15) is 0 Å². The Morgan fingerprint density at radius 1 is 1.44 bits per heavy atom. The van der Waals surface area contributed by atoms with Gasteiger partial charge in [0, 0.05) is 10.9 Å². The lowest BCUT2D eigenvalue weighted by Crippen LogP contribution is -2.34. The van der Waals surface area contributed by atoms with Crippen LogP contribution >= 0.6 is 11.6 Å². The molecule has 0 unspecified atom stereocenters. The molecule has 0 bridgehead atoms. The molecule has 0 radical (unpaired) electrons. The second-order valence-electron chi connectivity index (χ2n) is 4.63. The zero-order valence-corrected chi connectivity index (χ0v) is 11.0. The van der Waals surface area contributed by atoms with E-state index in [-0.39, 0.29) is 17.6 Å². The van der Waals surface area contributed by atoms with E-state index >= 15 is 0 Å². The second kappa shape index (κ2) is 5.59. The molecule has 4 nitrogen and oxygen atoms in total. The third-order valence-electron chi connectivity index (χ3n) is 3.23. The molecule has 5 heteroatoms. The number of hydrogen-bond donors (Lipinski definition) is 3. The standard InChI is InChI=1S/C13H17ClN2O2/c1-8-6-10(14)7-11(12(8)17)16-13(18)9-2-4-15-5-3-9/h6-7,9,15,17H,2-5H2,1H3,(H,16,18). The van der Waals surface area contributed by atoms with Crippen molar-refractivity contribution in [2.45, 2.75) is 19.8 Å². The molecule has 1 aliphatic heterocycles. The molecule has 1 aromatic rings. The molecule has 0 saturated carbocycles. The molecule has 1 amide bonds. The lowest BCUT2D eigenvalue weighted by molar-refractivity contribution is -0.120. The minimum Gasteiger partial charge on any atom is -0.505 e. The Labute approximate surface area is 111 Å². The lowest BCUT2D eigenvalue weighted by Gasteiger charge is -2.22. The van der Waals surface area contributed by atoms with Crippen molar-refractivity contribution in [2.75, 3.05) is 18.4 Å². The minimum absolute atomic E-state index is 0.00457. The summed E-state index contributed by atoms with van der Waals surface area (Å²) in [4.78, 5) is 12.0. The Morgan fingerprint density at radius 3 is 2.78 bits per heavy atom. The fourth-order valence-corrected chi connectivity index (χ4v) is 2.42. The number of benzene rings is 1. The van der Waals surface area contributed by atoms with Gasteiger partial charge in [-0.3, -0.25) is 4.79 Å². The van der Waals surface area contributed by atoms with Gasteiger partial charge in [-0.15, -0.1) is 0 Å². The Kier molecular flexibility index (Phi) is 4.09. The predicted octanol–water partition coefficient (Wildman–Crippen LogP) is 2.29. The normalized spacial score (nSPS) is 16.6. The zero-order valence-electron chi connectivity index (χ0n) is 10.3. The van der Waals surface area contributed by atoms with Gasteiger partial charge in [0.15, 0.2) is 0 Å². The molecule has 0 atom stereocenters. The maximum atomic E-state index is 12.0. The molecular weight excluding hydrogens is 252 g/mol. The second-order valence-corrected chi connectivity index (χ2v) is 5.07. The van der Waals surface area contributed by atoms with Crippen molar-refractivity contribution in [1.29, 1.82) is 0 Å². The van der Waals surface area contributed by atoms with Gasteiger partial charge in [-0.25, -0.2) is 0 Å². The van der Waals surface area contributed by atoms with Crippen molar-refractivity contribution in [3.63, 3.8) is 0 Å². The third-order valence-corrected chi connectivity index (χ3v) is 3.45. The van der Waals surface area contributed by atoms with Crippen molar-refractivity contribution in [3.8, 4) is 5.75 Å². The van der Waals surface area contributed by atoms with Crippen LogP contribution in [-0.2, 0) is 4.79 Å². The summed E-state index contributed by atoms with van der Waals surface area (Å²) in [6.45, 7) is 3.47. The summed E-state index contributed by atoms with van der Waals surface area (Å²) < 4.78 is 0. The van der Waals surface area contributed by atoms with Crippen molar-refractivity contribution < 1.29 is 9.90 Å². The van der Waals surface area contributed by atoms with Gasteiger partial charge < -0.3 is 15.7 Å². The van der Waals surface area contributed by atoms with Crippen molar-refractivity contribution in [2.24, 2.45) is 5.92 Å². The fourth-order valence-electron chi connectivity index (χ4n) is 2.15. The summed E-state index contributed by atoms with van der Waals surface area (Å²) in [6.07, 6.45) is 1.65. The molecule has 2 rings (SSSR count). The topological polar surface area (TPSA) is 61.4 Å². The van der Waals surface area contributed by atoms with Gasteiger partial charge in [0.2, 0.25) is 5.91 Å². The number of aryl methyl sites for hydroxylation is 1. The molecule has 1 saturated heterocycles. The van der Waals surface area contributed by atoms with E-state index in [2.05, 4.69) is 10.6 Å². The first-order valence-electron chi connectivity index (χ1n) is 6.08. The predicted molar refractivity (Wildman–Crippen MR) is 72.1 cm³/mol. The smallest absolute Gasteiger partial charge is 0.227 e. The first-order valence-corrected chi connectivity index (χ1v) is 6.46. The monoisotopic (exact) mass is 268 g/mol. The van der Waals surface area contributed by atoms with Gasteiger partial charge in [-0.1, -0.05) is 11.6 Å². The Bertz CT molecular complexity index is 457. The highest BCUT2D eigenvalue weighted by molar-refractivity contribution is 6.31. The molecular formula is C13H17ClN2O2. The first-order chi connectivity index (χ1) is 8.58. The number of hydrogen-bond acceptors (Lipinski definition) is 3. The maximum Gasteiger partial charge on any atom is 0.227 e. The van der Waals surface area contributed by atoms with Gasteiger partial charge in [0.25, 0.3) is 0 Å². The van der Waals surface area contributed by atoms with Crippen LogP contribution in [0.2, 0.25) is 5.02 Å². The van der Waals surface area contributed by atoms with Crippen LogP contribution in [0.1, 0.15) is 18.4 Å². The number of aromatic hydroxyl groups is 1. The molecule has 0 aliphatic carbocycles. The summed E-state index contributed by atoms with van der Waals surface area (Å²) >= 11 is 5.92. The van der Waals surface area contributed by atoms with E-state index in [1.165, 1.54) is 0 Å². The molecule has 1 aliphatic rings. The molecule has 98 valence electrons. The highest BCUT2D eigenvalue weighted by atomic mass is 35.5. The summed E-state index contributed by atoms with van der Waals surface area (Å²) in [7, 11) is 0. The molecule has 1 heterocycles. The van der Waals surface area contributed by atoms with E-state index in [1.807, 2.05) is 0 Å². The summed E-state index contributed by atoms with van der Waals surface area (Å²) in [5, 5.41) is 16.4. The number of anilines is 1. The van der Waals surface area contributed by atoms with Crippen LogP contribution in [0.25, 0.3) is 0 Å². The van der Waals surface area contributed by atoms with Crippen LogP contribution in [-0.4, -0.2) is 24.1 Å². The quantitative estimate of drug-likeness (QED) is 0.721. The van der Waals surface area contributed by atoms with Crippen molar-refractivity contribution in [3.05, 3.63) is 22.7 Å². The molecule has 0 spiro atoms. The number of phenolic OH excluding ortho intramolecular Hbond substituents is 1. The van der Waals surface area contributed by atoms with Gasteiger partial charge >= 0.3 is 0 Å². The average molecular weight is 269 g/mol. The SMILES string of the molecule is Cc1cc(Cl)cc(NC(=O)C2CCNCC2)c1O. The van der Waals surface area contributed by atoms with Crippen LogP contribution < -0.4 is 10.6 Å².